The fraction of sp³-hybridized carbons (Fsp3) is 0.444. The molecule has 122 valence electrons. The van der Waals surface area contributed by atoms with Crippen LogP contribution in [0.2, 0.25) is 0 Å². The van der Waals surface area contributed by atoms with Crippen LogP contribution < -0.4 is 10.6 Å². The van der Waals surface area contributed by atoms with Crippen molar-refractivity contribution in [1.82, 2.24) is 9.97 Å². The summed E-state index contributed by atoms with van der Waals surface area (Å²) >= 11 is 3.51. The predicted octanol–water partition coefficient (Wildman–Crippen LogP) is 4.94. The number of aromatic nitrogens is 2. The molecule has 0 unspecified atom stereocenters. The molecule has 1 atom stereocenters. The first-order chi connectivity index (χ1) is 11.1. The first-order valence-electron chi connectivity index (χ1n) is 8.28. The van der Waals surface area contributed by atoms with Crippen molar-refractivity contribution in [2.45, 2.75) is 51.6 Å². The maximum Gasteiger partial charge on any atom is 0.225 e. The van der Waals surface area contributed by atoms with E-state index in [9.17, 15) is 0 Å². The molecule has 2 aromatic rings. The molecule has 5 heteroatoms. The van der Waals surface area contributed by atoms with Gasteiger partial charge in [-0.1, -0.05) is 35.0 Å². The molecule has 0 amide bonds. The van der Waals surface area contributed by atoms with Gasteiger partial charge in [0.1, 0.15) is 5.82 Å². The molecule has 1 heterocycles. The molecule has 1 saturated carbocycles. The number of rotatable bonds is 7. The molecular weight excluding hydrogens is 352 g/mol. The van der Waals surface area contributed by atoms with Crippen molar-refractivity contribution >= 4 is 27.7 Å². The van der Waals surface area contributed by atoms with Crippen molar-refractivity contribution < 1.29 is 0 Å². The van der Waals surface area contributed by atoms with Crippen LogP contribution in [0.1, 0.15) is 50.3 Å². The highest BCUT2D eigenvalue weighted by atomic mass is 79.9. The summed E-state index contributed by atoms with van der Waals surface area (Å²) in [5, 5.41) is 6.82. The van der Waals surface area contributed by atoms with Gasteiger partial charge in [0.25, 0.3) is 0 Å². The molecule has 4 nitrogen and oxygen atoms in total. The Morgan fingerprint density at radius 1 is 1.26 bits per heavy atom. The highest BCUT2D eigenvalue weighted by molar-refractivity contribution is 9.10. The Morgan fingerprint density at radius 2 is 2.09 bits per heavy atom. The summed E-state index contributed by atoms with van der Waals surface area (Å²) in [4.78, 5) is 9.31. The molecular formula is C18H23BrN4. The highest BCUT2D eigenvalue weighted by Gasteiger charge is 2.26. The molecule has 0 aliphatic heterocycles. The van der Waals surface area contributed by atoms with Gasteiger partial charge in [0.15, 0.2) is 0 Å². The smallest absolute Gasteiger partial charge is 0.225 e. The third-order valence-corrected chi connectivity index (χ3v) is 4.59. The zero-order valence-corrected chi connectivity index (χ0v) is 15.2. The number of hydrogen-bond donors (Lipinski definition) is 2. The first kappa shape index (κ1) is 16.2. The number of hydrogen-bond acceptors (Lipinski definition) is 4. The van der Waals surface area contributed by atoms with E-state index in [4.69, 9.17) is 0 Å². The Kier molecular flexibility index (Phi) is 5.16. The molecule has 0 saturated heterocycles. The van der Waals surface area contributed by atoms with E-state index in [1.165, 1.54) is 18.4 Å². The van der Waals surface area contributed by atoms with Gasteiger partial charge in [-0.15, -0.1) is 0 Å². The Morgan fingerprint density at radius 3 is 2.78 bits per heavy atom. The van der Waals surface area contributed by atoms with Gasteiger partial charge in [-0.25, -0.2) is 4.98 Å². The minimum absolute atomic E-state index is 0.377. The van der Waals surface area contributed by atoms with Crippen molar-refractivity contribution in [3.8, 4) is 0 Å². The molecule has 3 rings (SSSR count). The summed E-state index contributed by atoms with van der Waals surface area (Å²) in [6.45, 7) is 5.07. The minimum atomic E-state index is 0.377. The number of nitrogens with zero attached hydrogens (tertiary/aromatic N) is 2. The van der Waals surface area contributed by atoms with Crippen molar-refractivity contribution in [2.75, 3.05) is 10.6 Å². The third kappa shape index (κ3) is 4.67. The van der Waals surface area contributed by atoms with Gasteiger partial charge >= 0.3 is 0 Å². The van der Waals surface area contributed by atoms with Gasteiger partial charge in [-0.3, -0.25) is 0 Å². The molecule has 1 aliphatic carbocycles. The Hall–Kier alpha value is -1.62. The van der Waals surface area contributed by atoms with Crippen molar-refractivity contribution in [1.29, 1.82) is 0 Å². The fourth-order valence-corrected chi connectivity index (χ4v) is 2.82. The summed E-state index contributed by atoms with van der Waals surface area (Å²) in [5.74, 6) is 2.25. The molecule has 1 aromatic heterocycles. The third-order valence-electron chi connectivity index (χ3n) is 4.09. The average molecular weight is 375 g/mol. The minimum Gasteiger partial charge on any atom is -0.366 e. The van der Waals surface area contributed by atoms with Crippen LogP contribution in [0.4, 0.5) is 11.8 Å². The van der Waals surface area contributed by atoms with Crippen LogP contribution in [0.5, 0.6) is 0 Å². The van der Waals surface area contributed by atoms with Gasteiger partial charge in [0.2, 0.25) is 5.95 Å². The maximum absolute atomic E-state index is 4.68. The van der Waals surface area contributed by atoms with Crippen LogP contribution in [0.3, 0.4) is 0 Å². The average Bonchev–Trinajstić information content (AvgIpc) is 3.37. The Labute approximate surface area is 146 Å². The number of halogens is 1. The van der Waals surface area contributed by atoms with Crippen molar-refractivity contribution in [2.24, 2.45) is 0 Å². The van der Waals surface area contributed by atoms with E-state index in [0.29, 0.717) is 12.0 Å². The number of benzene rings is 1. The topological polar surface area (TPSA) is 49.8 Å². The van der Waals surface area contributed by atoms with E-state index >= 15 is 0 Å². The van der Waals surface area contributed by atoms with Crippen LogP contribution in [0, 0.1) is 0 Å². The number of nitrogens with one attached hydrogen (secondary N) is 2. The lowest BCUT2D eigenvalue weighted by Gasteiger charge is -2.14. The standard InChI is InChI=1S/C18H23BrN4/c1-3-12(2)21-18-22-16(14-7-8-14)10-17(23-18)20-11-13-5-4-6-15(19)9-13/h4-6,9-10,12,14H,3,7-8,11H2,1-2H3,(H2,20,21,22,23)/t12-/m0/s1. The van der Waals surface area contributed by atoms with Crippen molar-refractivity contribution in [3.63, 3.8) is 0 Å². The van der Waals surface area contributed by atoms with Gasteiger partial charge in [0, 0.05) is 29.0 Å². The lowest BCUT2D eigenvalue weighted by Crippen LogP contribution is -2.17. The van der Waals surface area contributed by atoms with Gasteiger partial charge in [-0.05, 0) is 43.9 Å². The zero-order valence-electron chi connectivity index (χ0n) is 13.6. The fourth-order valence-electron chi connectivity index (χ4n) is 2.37. The zero-order chi connectivity index (χ0) is 16.2. The summed E-state index contributed by atoms with van der Waals surface area (Å²) < 4.78 is 1.09. The molecule has 1 aliphatic rings. The summed E-state index contributed by atoms with van der Waals surface area (Å²) in [7, 11) is 0. The molecule has 0 spiro atoms. The molecule has 23 heavy (non-hydrogen) atoms. The van der Waals surface area contributed by atoms with Crippen LogP contribution in [0.25, 0.3) is 0 Å². The monoisotopic (exact) mass is 374 g/mol. The Bertz CT molecular complexity index is 670. The quantitative estimate of drug-likeness (QED) is 0.720. The van der Waals surface area contributed by atoms with E-state index in [-0.39, 0.29) is 0 Å². The van der Waals surface area contributed by atoms with Crippen LogP contribution >= 0.6 is 15.9 Å². The van der Waals surface area contributed by atoms with Gasteiger partial charge < -0.3 is 10.6 Å². The lowest BCUT2D eigenvalue weighted by molar-refractivity contribution is 0.750. The summed E-state index contributed by atoms with van der Waals surface area (Å²) in [6, 6.07) is 10.8. The van der Waals surface area contributed by atoms with E-state index < -0.39 is 0 Å². The van der Waals surface area contributed by atoms with Crippen LogP contribution in [-0.4, -0.2) is 16.0 Å². The normalized spacial score (nSPS) is 15.3. The first-order valence-corrected chi connectivity index (χ1v) is 9.07. The molecule has 0 radical (unpaired) electrons. The van der Waals surface area contributed by atoms with E-state index in [0.717, 1.165) is 34.9 Å². The summed E-state index contributed by atoms with van der Waals surface area (Å²) in [5.41, 5.74) is 2.38. The van der Waals surface area contributed by atoms with E-state index in [1.807, 2.05) is 12.1 Å². The largest absolute Gasteiger partial charge is 0.366 e. The molecule has 0 bridgehead atoms. The summed E-state index contributed by atoms with van der Waals surface area (Å²) in [6.07, 6.45) is 3.54. The second-order valence-corrected chi connectivity index (χ2v) is 7.13. The van der Waals surface area contributed by atoms with E-state index in [1.54, 1.807) is 0 Å². The highest BCUT2D eigenvalue weighted by Crippen LogP contribution is 2.40. The predicted molar refractivity (Wildman–Crippen MR) is 98.9 cm³/mol. The Balaban J connectivity index is 1.74. The molecule has 1 fully saturated rings. The molecule has 1 aromatic carbocycles. The van der Waals surface area contributed by atoms with Gasteiger partial charge in [0.05, 0.1) is 5.69 Å². The maximum atomic E-state index is 4.68. The van der Waals surface area contributed by atoms with Crippen LogP contribution in [0.15, 0.2) is 34.8 Å². The van der Waals surface area contributed by atoms with Crippen LogP contribution in [-0.2, 0) is 6.54 Å². The van der Waals surface area contributed by atoms with Crippen molar-refractivity contribution in [3.05, 3.63) is 46.1 Å². The molecule has 2 N–H and O–H groups in total. The lowest BCUT2D eigenvalue weighted by atomic mass is 10.2. The number of anilines is 2. The second-order valence-electron chi connectivity index (χ2n) is 6.21. The SMILES string of the molecule is CC[C@H](C)Nc1nc(NCc2cccc(Br)c2)cc(C2CC2)n1. The second kappa shape index (κ2) is 7.30. The van der Waals surface area contributed by atoms with E-state index in [2.05, 4.69) is 68.6 Å². The van der Waals surface area contributed by atoms with Gasteiger partial charge in [-0.2, -0.15) is 4.98 Å².